The van der Waals surface area contributed by atoms with Crippen LogP contribution < -0.4 is 5.32 Å². The molecule has 1 amide bonds. The Kier molecular flexibility index (Phi) is 54.0. The highest BCUT2D eigenvalue weighted by atomic mass is 16.5. The van der Waals surface area contributed by atoms with Gasteiger partial charge < -0.3 is 20.3 Å². The number of ether oxygens (including phenoxy) is 1. The van der Waals surface area contributed by atoms with Crippen molar-refractivity contribution in [3.8, 4) is 0 Å². The van der Waals surface area contributed by atoms with Crippen molar-refractivity contribution in [3.05, 3.63) is 12.2 Å². The SMILES string of the molecule is CCCCC/C=C\CCCCCCCC(=O)OCCCCCCCCCCCCCCCCCCCC(=O)NC(CO)C(O)CCCCCCCCCCCCCCCCCCCCC. The number of hydrogen-bond acceptors (Lipinski definition) is 5. The molecule has 2 unspecified atom stereocenters. The molecule has 0 saturated heterocycles. The molecule has 0 saturated carbocycles. The highest BCUT2D eigenvalue weighted by Gasteiger charge is 2.20. The lowest BCUT2D eigenvalue weighted by Crippen LogP contribution is -2.45. The maximum Gasteiger partial charge on any atom is 0.305 e. The van der Waals surface area contributed by atoms with Crippen molar-refractivity contribution < 1.29 is 24.5 Å². The quantitative estimate of drug-likeness (QED) is 0.0321. The summed E-state index contributed by atoms with van der Waals surface area (Å²) in [4.78, 5) is 24.5. The molecule has 0 heterocycles. The first kappa shape index (κ1) is 63.6. The van der Waals surface area contributed by atoms with Gasteiger partial charge >= 0.3 is 5.97 Å². The van der Waals surface area contributed by atoms with Crippen LogP contribution in [-0.4, -0.2) is 47.4 Å². The van der Waals surface area contributed by atoms with Crippen LogP contribution in [0.15, 0.2) is 12.2 Å². The Morgan fingerprint density at radius 2 is 0.723 bits per heavy atom. The molecule has 0 aliphatic heterocycles. The van der Waals surface area contributed by atoms with Gasteiger partial charge in [-0.05, 0) is 51.4 Å². The van der Waals surface area contributed by atoms with Crippen LogP contribution in [0.3, 0.4) is 0 Å². The normalized spacial score (nSPS) is 12.6. The van der Waals surface area contributed by atoms with Gasteiger partial charge in [0.2, 0.25) is 5.91 Å². The number of hydrogen-bond donors (Lipinski definition) is 3. The van der Waals surface area contributed by atoms with Crippen LogP contribution in [0.5, 0.6) is 0 Å². The van der Waals surface area contributed by atoms with Gasteiger partial charge in [-0.2, -0.15) is 0 Å². The van der Waals surface area contributed by atoms with Crippen LogP contribution in [0, 0.1) is 0 Å². The van der Waals surface area contributed by atoms with Gasteiger partial charge in [0.25, 0.3) is 0 Å². The van der Waals surface area contributed by atoms with E-state index in [1.807, 2.05) is 0 Å². The summed E-state index contributed by atoms with van der Waals surface area (Å²) >= 11 is 0. The number of aliphatic hydroxyl groups excluding tert-OH is 2. The number of rotatable bonds is 55. The predicted molar refractivity (Wildman–Crippen MR) is 283 cm³/mol. The van der Waals surface area contributed by atoms with E-state index in [0.717, 1.165) is 44.9 Å². The van der Waals surface area contributed by atoms with E-state index in [9.17, 15) is 19.8 Å². The van der Waals surface area contributed by atoms with Crippen molar-refractivity contribution in [2.24, 2.45) is 0 Å². The van der Waals surface area contributed by atoms with E-state index in [2.05, 4.69) is 31.3 Å². The Balaban J connectivity index is 3.42. The van der Waals surface area contributed by atoms with Crippen molar-refractivity contribution >= 4 is 11.9 Å². The van der Waals surface area contributed by atoms with Crippen LogP contribution in [0.1, 0.15) is 328 Å². The van der Waals surface area contributed by atoms with Crippen LogP contribution in [0.25, 0.3) is 0 Å². The monoisotopic (exact) mass is 918 g/mol. The van der Waals surface area contributed by atoms with Crippen molar-refractivity contribution in [3.63, 3.8) is 0 Å². The second kappa shape index (κ2) is 55.2. The molecular formula is C59H115NO5. The zero-order chi connectivity index (χ0) is 47.2. The third kappa shape index (κ3) is 51.8. The molecule has 0 radical (unpaired) electrons. The summed E-state index contributed by atoms with van der Waals surface area (Å²) in [5.41, 5.74) is 0. The molecule has 0 fully saturated rings. The maximum atomic E-state index is 12.5. The second-order valence-corrected chi connectivity index (χ2v) is 20.3. The molecule has 0 aliphatic rings. The molecule has 0 aromatic heterocycles. The molecule has 386 valence electrons. The Morgan fingerprint density at radius 3 is 1.12 bits per heavy atom. The fraction of sp³-hybridized carbons (Fsp3) is 0.932. The smallest absolute Gasteiger partial charge is 0.305 e. The van der Waals surface area contributed by atoms with Gasteiger partial charge in [-0.3, -0.25) is 9.59 Å². The summed E-state index contributed by atoms with van der Waals surface area (Å²) in [5.74, 6) is -0.0413. The molecule has 0 bridgehead atoms. The number of amides is 1. The lowest BCUT2D eigenvalue weighted by atomic mass is 10.0. The number of carbonyl (C=O) groups excluding carboxylic acids is 2. The molecule has 0 aliphatic carbocycles. The molecule has 2 atom stereocenters. The molecule has 65 heavy (non-hydrogen) atoms. The number of nitrogens with one attached hydrogen (secondary N) is 1. The van der Waals surface area contributed by atoms with Crippen molar-refractivity contribution in [2.45, 2.75) is 341 Å². The lowest BCUT2D eigenvalue weighted by molar-refractivity contribution is -0.143. The topological polar surface area (TPSA) is 95.9 Å². The van der Waals surface area contributed by atoms with Gasteiger partial charge in [-0.15, -0.1) is 0 Å². The summed E-state index contributed by atoms with van der Waals surface area (Å²) in [6.45, 7) is 4.94. The standard InChI is InChI=1S/C59H115NO5/c1-3-5-7-9-11-13-15-17-18-19-20-22-25-28-31-35-39-43-47-51-57(62)56(55-61)60-58(63)52-48-44-40-36-32-29-26-23-21-24-27-30-34-38-42-46-50-54-65-59(64)53-49-45-41-37-33-16-14-12-10-8-6-4-2/h12,14,56-57,61-62H,3-11,13,15-55H2,1-2H3,(H,60,63)/b14-12-. The zero-order valence-electron chi connectivity index (χ0n) is 44.0. The van der Waals surface area contributed by atoms with E-state index in [1.54, 1.807) is 0 Å². The summed E-state index contributed by atoms with van der Waals surface area (Å²) in [6.07, 6.45) is 64.9. The minimum atomic E-state index is -0.668. The first-order chi connectivity index (χ1) is 32.0. The second-order valence-electron chi connectivity index (χ2n) is 20.3. The molecule has 0 aromatic rings. The van der Waals surface area contributed by atoms with Crippen LogP contribution in [0.2, 0.25) is 0 Å². The van der Waals surface area contributed by atoms with E-state index in [-0.39, 0.29) is 18.5 Å². The molecule has 6 nitrogen and oxygen atoms in total. The third-order valence-corrected chi connectivity index (χ3v) is 13.8. The molecule has 0 aromatic carbocycles. The first-order valence-electron chi connectivity index (χ1n) is 29.4. The van der Waals surface area contributed by atoms with Crippen LogP contribution >= 0.6 is 0 Å². The minimum Gasteiger partial charge on any atom is -0.466 e. The average Bonchev–Trinajstić information content (AvgIpc) is 3.31. The minimum absolute atomic E-state index is 0.00397. The molecule has 6 heteroatoms. The predicted octanol–water partition coefficient (Wildman–Crippen LogP) is 18.1. The highest BCUT2D eigenvalue weighted by molar-refractivity contribution is 5.76. The third-order valence-electron chi connectivity index (χ3n) is 13.8. The van der Waals surface area contributed by atoms with Gasteiger partial charge in [0.05, 0.1) is 25.4 Å². The number of allylic oxidation sites excluding steroid dienone is 2. The van der Waals surface area contributed by atoms with E-state index in [4.69, 9.17) is 4.74 Å². The highest BCUT2D eigenvalue weighted by Crippen LogP contribution is 2.18. The number of unbranched alkanes of at least 4 members (excludes halogenated alkanes) is 42. The molecule has 0 spiro atoms. The van der Waals surface area contributed by atoms with Gasteiger partial charge in [0, 0.05) is 12.8 Å². The first-order valence-corrected chi connectivity index (χ1v) is 29.4. The van der Waals surface area contributed by atoms with Crippen molar-refractivity contribution in [1.82, 2.24) is 5.32 Å². The molecular weight excluding hydrogens is 803 g/mol. The zero-order valence-corrected chi connectivity index (χ0v) is 44.0. The Hall–Kier alpha value is -1.40. The van der Waals surface area contributed by atoms with E-state index in [1.165, 1.54) is 250 Å². The lowest BCUT2D eigenvalue weighted by Gasteiger charge is -2.22. The van der Waals surface area contributed by atoms with Gasteiger partial charge in [-0.25, -0.2) is 0 Å². The average molecular weight is 919 g/mol. The fourth-order valence-corrected chi connectivity index (χ4v) is 9.28. The number of aliphatic hydroxyl groups is 2. The Labute approximate surface area is 406 Å². The number of esters is 1. The molecule has 3 N–H and O–H groups in total. The Bertz CT molecular complexity index is 970. The summed E-state index contributed by atoms with van der Waals surface area (Å²) in [5, 5.41) is 23.3. The fourth-order valence-electron chi connectivity index (χ4n) is 9.28. The van der Waals surface area contributed by atoms with E-state index in [0.29, 0.717) is 25.9 Å². The Morgan fingerprint density at radius 1 is 0.415 bits per heavy atom. The maximum absolute atomic E-state index is 12.5. The van der Waals surface area contributed by atoms with Crippen LogP contribution in [0.4, 0.5) is 0 Å². The summed E-state index contributed by atoms with van der Waals surface area (Å²) < 4.78 is 5.46. The van der Waals surface area contributed by atoms with Gasteiger partial charge in [0.15, 0.2) is 0 Å². The van der Waals surface area contributed by atoms with Crippen molar-refractivity contribution in [1.29, 1.82) is 0 Å². The molecule has 0 rings (SSSR count). The van der Waals surface area contributed by atoms with E-state index < -0.39 is 12.1 Å². The van der Waals surface area contributed by atoms with Crippen molar-refractivity contribution in [2.75, 3.05) is 13.2 Å². The van der Waals surface area contributed by atoms with E-state index >= 15 is 0 Å². The number of carbonyl (C=O) groups is 2. The summed E-state index contributed by atoms with van der Waals surface area (Å²) in [7, 11) is 0. The van der Waals surface area contributed by atoms with Gasteiger partial charge in [0.1, 0.15) is 0 Å². The largest absolute Gasteiger partial charge is 0.466 e. The van der Waals surface area contributed by atoms with Crippen LogP contribution in [-0.2, 0) is 14.3 Å². The van der Waals surface area contributed by atoms with Gasteiger partial charge in [-0.1, -0.05) is 276 Å². The summed E-state index contributed by atoms with van der Waals surface area (Å²) in [6, 6.07) is -0.545.